The summed E-state index contributed by atoms with van der Waals surface area (Å²) in [5, 5.41) is 6.41. The van der Waals surface area contributed by atoms with E-state index in [-0.39, 0.29) is 16.6 Å². The molecule has 178 valence electrons. The maximum Gasteiger partial charge on any atom is 0.295 e. The van der Waals surface area contributed by atoms with Crippen molar-refractivity contribution in [2.24, 2.45) is 7.05 Å². The van der Waals surface area contributed by atoms with Gasteiger partial charge in [0.1, 0.15) is 5.69 Å². The predicted molar refractivity (Wildman–Crippen MR) is 147 cm³/mol. The van der Waals surface area contributed by atoms with Gasteiger partial charge in [-0.15, -0.1) is 0 Å². The average Bonchev–Trinajstić information content (AvgIpc) is 3.11. The van der Waals surface area contributed by atoms with E-state index >= 15 is 0 Å². The molecule has 5 aromatic rings. The number of benzene rings is 3. The SMILES string of the molecule is Cc1c(NC(=S)NC(=O)c2cc(-c3ccccc3)nc3ccccc23)c(=O)n(-c2ccccc2)n1C. The second-order valence-corrected chi connectivity index (χ2v) is 8.69. The van der Waals surface area contributed by atoms with Crippen LogP contribution < -0.4 is 16.2 Å². The van der Waals surface area contributed by atoms with E-state index in [1.807, 2.05) is 91.9 Å². The number of rotatable bonds is 4. The van der Waals surface area contributed by atoms with E-state index in [0.717, 1.165) is 11.3 Å². The van der Waals surface area contributed by atoms with Crippen LogP contribution in [-0.2, 0) is 7.05 Å². The topological polar surface area (TPSA) is 81.0 Å². The molecule has 0 unspecified atom stereocenters. The third kappa shape index (κ3) is 4.30. The van der Waals surface area contributed by atoms with Crippen molar-refractivity contribution in [1.29, 1.82) is 0 Å². The number of fused-ring (bicyclic) bond motifs is 1. The van der Waals surface area contributed by atoms with E-state index < -0.39 is 0 Å². The Hall–Kier alpha value is -4.56. The lowest BCUT2D eigenvalue weighted by Gasteiger charge is -2.12. The van der Waals surface area contributed by atoms with Crippen LogP contribution in [0.2, 0.25) is 0 Å². The number of carbonyl (C=O) groups excluding carboxylic acids is 1. The Bertz CT molecular complexity index is 1660. The molecule has 0 aliphatic heterocycles. The first-order valence-electron chi connectivity index (χ1n) is 11.4. The van der Waals surface area contributed by atoms with Gasteiger partial charge in [-0.05, 0) is 43.4 Å². The second-order valence-electron chi connectivity index (χ2n) is 8.28. The van der Waals surface area contributed by atoms with Crippen molar-refractivity contribution in [3.8, 4) is 16.9 Å². The molecule has 1 amide bonds. The normalized spacial score (nSPS) is 10.8. The van der Waals surface area contributed by atoms with Crippen LogP contribution in [0, 0.1) is 6.92 Å². The Balaban J connectivity index is 1.45. The number of nitrogens with one attached hydrogen (secondary N) is 2. The molecule has 0 bridgehead atoms. The second kappa shape index (κ2) is 9.59. The number of hydrogen-bond donors (Lipinski definition) is 2. The molecule has 0 saturated heterocycles. The Morgan fingerprint density at radius 1 is 0.917 bits per heavy atom. The van der Waals surface area contributed by atoms with Gasteiger partial charge in [-0.3, -0.25) is 19.6 Å². The van der Waals surface area contributed by atoms with Crippen molar-refractivity contribution < 1.29 is 4.79 Å². The van der Waals surface area contributed by atoms with E-state index in [2.05, 4.69) is 10.6 Å². The number of para-hydroxylation sites is 2. The van der Waals surface area contributed by atoms with Gasteiger partial charge < -0.3 is 5.32 Å². The van der Waals surface area contributed by atoms with Crippen molar-refractivity contribution >= 4 is 39.8 Å². The molecule has 0 radical (unpaired) electrons. The maximum atomic E-state index is 13.4. The van der Waals surface area contributed by atoms with E-state index in [1.165, 1.54) is 0 Å². The number of hydrogen-bond acceptors (Lipinski definition) is 4. The first-order valence-corrected chi connectivity index (χ1v) is 11.8. The molecule has 3 aromatic carbocycles. The van der Waals surface area contributed by atoms with Gasteiger partial charge in [0.25, 0.3) is 11.5 Å². The van der Waals surface area contributed by atoms with Gasteiger partial charge in [-0.25, -0.2) is 9.67 Å². The smallest absolute Gasteiger partial charge is 0.295 e. The molecule has 36 heavy (non-hydrogen) atoms. The Morgan fingerprint density at radius 2 is 1.56 bits per heavy atom. The molecule has 5 rings (SSSR count). The highest BCUT2D eigenvalue weighted by molar-refractivity contribution is 7.80. The summed E-state index contributed by atoms with van der Waals surface area (Å²) in [6.07, 6.45) is 0. The highest BCUT2D eigenvalue weighted by Gasteiger charge is 2.19. The van der Waals surface area contributed by atoms with E-state index in [0.29, 0.717) is 33.5 Å². The molecule has 0 spiro atoms. The minimum Gasteiger partial charge on any atom is -0.326 e. The third-order valence-electron chi connectivity index (χ3n) is 6.05. The molecular weight excluding hydrogens is 470 g/mol. The lowest BCUT2D eigenvalue weighted by atomic mass is 10.0. The van der Waals surface area contributed by atoms with Crippen molar-refractivity contribution in [3.05, 3.63) is 113 Å². The number of amides is 1. The van der Waals surface area contributed by atoms with Crippen molar-refractivity contribution in [2.45, 2.75) is 6.92 Å². The van der Waals surface area contributed by atoms with Crippen LogP contribution in [0.15, 0.2) is 95.8 Å². The van der Waals surface area contributed by atoms with Crippen LogP contribution in [-0.4, -0.2) is 25.4 Å². The molecule has 2 aromatic heterocycles. The van der Waals surface area contributed by atoms with Crippen molar-refractivity contribution in [2.75, 3.05) is 5.32 Å². The van der Waals surface area contributed by atoms with Crippen LogP contribution in [0.5, 0.6) is 0 Å². The lowest BCUT2D eigenvalue weighted by molar-refractivity contribution is 0.0979. The molecular formula is C28H23N5O2S. The van der Waals surface area contributed by atoms with Crippen molar-refractivity contribution in [1.82, 2.24) is 19.7 Å². The quantitative estimate of drug-likeness (QED) is 0.351. The molecule has 0 fully saturated rings. The number of carbonyl (C=O) groups is 1. The molecule has 2 heterocycles. The van der Waals surface area contributed by atoms with E-state index in [9.17, 15) is 9.59 Å². The first-order chi connectivity index (χ1) is 17.4. The third-order valence-corrected chi connectivity index (χ3v) is 6.25. The number of thiocarbonyl (C=S) groups is 1. The average molecular weight is 494 g/mol. The van der Waals surface area contributed by atoms with E-state index in [4.69, 9.17) is 17.2 Å². The van der Waals surface area contributed by atoms with Gasteiger partial charge in [0.2, 0.25) is 0 Å². The number of aromatic nitrogens is 3. The lowest BCUT2D eigenvalue weighted by Crippen LogP contribution is -2.35. The highest BCUT2D eigenvalue weighted by Crippen LogP contribution is 2.25. The van der Waals surface area contributed by atoms with E-state index in [1.54, 1.807) is 22.5 Å². The van der Waals surface area contributed by atoms with Gasteiger partial charge in [0.05, 0.1) is 28.2 Å². The monoisotopic (exact) mass is 493 g/mol. The van der Waals surface area contributed by atoms with Gasteiger partial charge >= 0.3 is 0 Å². The summed E-state index contributed by atoms with van der Waals surface area (Å²) in [5.41, 5.74) is 4.17. The van der Waals surface area contributed by atoms with Crippen LogP contribution in [0.1, 0.15) is 16.1 Å². The van der Waals surface area contributed by atoms with Gasteiger partial charge in [-0.2, -0.15) is 0 Å². The summed E-state index contributed by atoms with van der Waals surface area (Å²) in [6, 6.07) is 28.2. The standard InChI is InChI=1S/C28H23N5O2S/c1-18-25(27(35)33(32(18)2)20-13-7-4-8-14-20)30-28(36)31-26(34)22-17-24(19-11-5-3-6-12-19)29-23-16-10-9-15-21(22)23/h3-17H,1-2H3,(H2,30,31,34,36). The summed E-state index contributed by atoms with van der Waals surface area (Å²) < 4.78 is 3.29. The Morgan fingerprint density at radius 3 is 2.28 bits per heavy atom. The summed E-state index contributed by atoms with van der Waals surface area (Å²) in [5.74, 6) is -0.389. The summed E-state index contributed by atoms with van der Waals surface area (Å²) in [7, 11) is 1.80. The molecule has 8 heteroatoms. The zero-order valence-electron chi connectivity index (χ0n) is 19.7. The molecule has 7 nitrogen and oxygen atoms in total. The Kier molecular flexibility index (Phi) is 6.18. The summed E-state index contributed by atoms with van der Waals surface area (Å²) in [4.78, 5) is 31.3. The van der Waals surface area contributed by atoms with Gasteiger partial charge in [-0.1, -0.05) is 66.7 Å². The largest absolute Gasteiger partial charge is 0.326 e. The summed E-state index contributed by atoms with van der Waals surface area (Å²) in [6.45, 7) is 1.82. The number of anilines is 1. The predicted octanol–water partition coefficient (Wildman–Crippen LogP) is 4.83. The van der Waals surface area contributed by atoms with Gasteiger partial charge in [0.15, 0.2) is 5.11 Å². The fourth-order valence-corrected chi connectivity index (χ4v) is 4.34. The zero-order valence-corrected chi connectivity index (χ0v) is 20.5. The summed E-state index contributed by atoms with van der Waals surface area (Å²) >= 11 is 5.43. The van der Waals surface area contributed by atoms with Crippen molar-refractivity contribution in [3.63, 3.8) is 0 Å². The first kappa shape index (κ1) is 23.2. The van der Waals surface area contributed by atoms with Gasteiger partial charge in [0, 0.05) is 18.0 Å². The number of nitrogens with zero attached hydrogens (tertiary/aromatic N) is 3. The van der Waals surface area contributed by atoms with Crippen LogP contribution in [0.4, 0.5) is 5.69 Å². The molecule has 0 saturated carbocycles. The van der Waals surface area contributed by atoms with Crippen LogP contribution in [0.25, 0.3) is 27.8 Å². The fourth-order valence-electron chi connectivity index (χ4n) is 4.15. The van der Waals surface area contributed by atoms with Crippen LogP contribution >= 0.6 is 12.2 Å². The number of pyridine rings is 1. The fraction of sp³-hybridized carbons (Fsp3) is 0.0714. The molecule has 0 atom stereocenters. The molecule has 2 N–H and O–H groups in total. The van der Waals surface area contributed by atoms with Crippen LogP contribution in [0.3, 0.4) is 0 Å². The highest BCUT2D eigenvalue weighted by atomic mass is 32.1. The maximum absolute atomic E-state index is 13.4. The molecule has 0 aliphatic carbocycles. The Labute approximate surface area is 213 Å². The zero-order chi connectivity index (χ0) is 25.2. The minimum absolute atomic E-state index is 0.0353. The molecule has 0 aliphatic rings. The minimum atomic E-state index is -0.389.